The summed E-state index contributed by atoms with van der Waals surface area (Å²) < 4.78 is 5.39. The number of hydrogen-bond acceptors (Lipinski definition) is 2. The second kappa shape index (κ2) is 7.31. The first kappa shape index (κ1) is 14.9. The molecular weight excluding hydrogens is 298 g/mol. The van der Waals surface area contributed by atoms with Crippen molar-refractivity contribution in [2.24, 2.45) is 0 Å². The van der Waals surface area contributed by atoms with Crippen molar-refractivity contribution in [3.63, 3.8) is 0 Å². The summed E-state index contributed by atoms with van der Waals surface area (Å²) >= 11 is 16.9. The normalized spacial score (nSPS) is 11.8. The molecule has 0 saturated carbocycles. The number of carboxylic acids is 1. The molecule has 0 fully saturated rings. The fourth-order valence-electron chi connectivity index (χ4n) is 1.12. The monoisotopic (exact) mass is 306 g/mol. The molecule has 0 saturated heterocycles. The summed E-state index contributed by atoms with van der Waals surface area (Å²) in [6.45, 7) is 0.0978. The number of halogens is 3. The van der Waals surface area contributed by atoms with E-state index >= 15 is 0 Å². The standard InChI is InChI=1S/C12H9Cl3O3/c13-6-10(15)7-18-11-3-2-9(14)5-8(11)1-4-12(16)17/h1-6H,7H2,(H,16,17). The van der Waals surface area contributed by atoms with Crippen LogP contribution in [0.15, 0.2) is 34.8 Å². The molecule has 0 spiro atoms. The molecule has 0 amide bonds. The van der Waals surface area contributed by atoms with Gasteiger partial charge < -0.3 is 9.84 Å². The highest BCUT2D eigenvalue weighted by Crippen LogP contribution is 2.25. The van der Waals surface area contributed by atoms with Crippen LogP contribution in [0.1, 0.15) is 5.56 Å². The van der Waals surface area contributed by atoms with Gasteiger partial charge in [0.15, 0.2) is 0 Å². The van der Waals surface area contributed by atoms with Crippen molar-refractivity contribution in [1.29, 1.82) is 0 Å². The Morgan fingerprint density at radius 2 is 2.17 bits per heavy atom. The highest BCUT2D eigenvalue weighted by atomic mass is 35.5. The summed E-state index contributed by atoms with van der Waals surface area (Å²) in [6, 6.07) is 4.85. The Hall–Kier alpha value is -1.16. The van der Waals surface area contributed by atoms with Crippen LogP contribution in [-0.2, 0) is 4.79 Å². The molecule has 1 N–H and O–H groups in total. The van der Waals surface area contributed by atoms with E-state index in [0.29, 0.717) is 21.4 Å². The molecule has 0 radical (unpaired) electrons. The third kappa shape index (κ3) is 5.00. The quantitative estimate of drug-likeness (QED) is 0.832. The first-order chi connectivity index (χ1) is 8.52. The van der Waals surface area contributed by atoms with Crippen LogP contribution in [0.2, 0.25) is 5.02 Å². The Kier molecular flexibility index (Phi) is 6.05. The average Bonchev–Trinajstić information content (AvgIpc) is 2.34. The lowest BCUT2D eigenvalue weighted by Crippen LogP contribution is -1.98. The van der Waals surface area contributed by atoms with Gasteiger partial charge in [-0.2, -0.15) is 0 Å². The molecule has 3 nitrogen and oxygen atoms in total. The second-order valence-electron chi connectivity index (χ2n) is 3.20. The van der Waals surface area contributed by atoms with E-state index in [4.69, 9.17) is 44.6 Å². The number of aliphatic carboxylic acids is 1. The molecular formula is C12H9Cl3O3. The number of carbonyl (C=O) groups is 1. The van der Waals surface area contributed by atoms with E-state index in [0.717, 1.165) is 6.08 Å². The van der Waals surface area contributed by atoms with E-state index in [2.05, 4.69) is 0 Å². The summed E-state index contributed by atoms with van der Waals surface area (Å²) in [5.74, 6) is -0.590. The molecule has 6 heteroatoms. The van der Waals surface area contributed by atoms with E-state index in [1.165, 1.54) is 11.6 Å². The predicted octanol–water partition coefficient (Wildman–Crippen LogP) is 4.14. The van der Waals surface area contributed by atoms with Gasteiger partial charge in [-0.3, -0.25) is 0 Å². The van der Waals surface area contributed by atoms with Gasteiger partial charge in [-0.25, -0.2) is 4.79 Å². The summed E-state index contributed by atoms with van der Waals surface area (Å²) in [4.78, 5) is 10.5. The molecule has 0 aromatic heterocycles. The van der Waals surface area contributed by atoms with Crippen molar-refractivity contribution in [3.8, 4) is 5.75 Å². The zero-order valence-corrected chi connectivity index (χ0v) is 11.3. The van der Waals surface area contributed by atoms with Crippen molar-refractivity contribution < 1.29 is 14.6 Å². The molecule has 0 heterocycles. The smallest absolute Gasteiger partial charge is 0.328 e. The average molecular weight is 308 g/mol. The number of ether oxygens (including phenoxy) is 1. The topological polar surface area (TPSA) is 46.5 Å². The van der Waals surface area contributed by atoms with Gasteiger partial charge in [0.1, 0.15) is 12.4 Å². The summed E-state index contributed by atoms with van der Waals surface area (Å²) in [5.41, 5.74) is 1.74. The minimum absolute atomic E-state index is 0.0978. The number of hydrogen-bond donors (Lipinski definition) is 1. The van der Waals surface area contributed by atoms with Crippen LogP contribution in [-0.4, -0.2) is 17.7 Å². The van der Waals surface area contributed by atoms with Gasteiger partial charge in [-0.05, 0) is 24.3 Å². The number of rotatable bonds is 5. The third-order valence-corrected chi connectivity index (χ3v) is 2.69. The second-order valence-corrected chi connectivity index (χ2v) is 4.34. The number of benzene rings is 1. The predicted molar refractivity (Wildman–Crippen MR) is 73.4 cm³/mol. The van der Waals surface area contributed by atoms with Crippen molar-refractivity contribution in [3.05, 3.63) is 45.4 Å². The van der Waals surface area contributed by atoms with Gasteiger partial charge in [0.25, 0.3) is 0 Å². The molecule has 1 aromatic rings. The molecule has 1 rings (SSSR count). The van der Waals surface area contributed by atoms with Crippen LogP contribution < -0.4 is 4.74 Å². The first-order valence-electron chi connectivity index (χ1n) is 4.81. The van der Waals surface area contributed by atoms with Gasteiger partial charge in [-0.15, -0.1) is 0 Å². The fraction of sp³-hybridized carbons (Fsp3) is 0.0833. The zero-order valence-electron chi connectivity index (χ0n) is 9.07. The van der Waals surface area contributed by atoms with Gasteiger partial charge in [0, 0.05) is 22.2 Å². The summed E-state index contributed by atoms with van der Waals surface area (Å²) in [5, 5.41) is 9.39. The molecule has 0 aliphatic carbocycles. The minimum Gasteiger partial charge on any atom is -0.487 e. The van der Waals surface area contributed by atoms with E-state index in [1.54, 1.807) is 18.2 Å². The first-order valence-corrected chi connectivity index (χ1v) is 6.00. The molecule has 0 aliphatic rings. The van der Waals surface area contributed by atoms with Crippen LogP contribution in [0.3, 0.4) is 0 Å². The number of carboxylic acid groups (broad SMARTS) is 1. The van der Waals surface area contributed by atoms with Gasteiger partial charge in [-0.1, -0.05) is 34.8 Å². The molecule has 0 atom stereocenters. The van der Waals surface area contributed by atoms with Crippen molar-refractivity contribution in [2.45, 2.75) is 0 Å². The van der Waals surface area contributed by atoms with E-state index in [9.17, 15) is 4.79 Å². The van der Waals surface area contributed by atoms with Crippen LogP contribution in [0, 0.1) is 0 Å². The van der Waals surface area contributed by atoms with Crippen LogP contribution >= 0.6 is 34.8 Å². The van der Waals surface area contributed by atoms with Crippen LogP contribution in [0.5, 0.6) is 5.75 Å². The Labute approximate surface area is 119 Å². The largest absolute Gasteiger partial charge is 0.487 e. The Bertz CT molecular complexity index is 495. The van der Waals surface area contributed by atoms with Crippen LogP contribution in [0.25, 0.3) is 6.08 Å². The SMILES string of the molecule is O=C(O)C=Cc1cc(Cl)ccc1OCC(Cl)=CCl. The van der Waals surface area contributed by atoms with E-state index in [-0.39, 0.29) is 6.61 Å². The van der Waals surface area contributed by atoms with Crippen molar-refractivity contribution in [2.75, 3.05) is 6.61 Å². The lowest BCUT2D eigenvalue weighted by atomic mass is 10.2. The Balaban J connectivity index is 2.92. The Morgan fingerprint density at radius 1 is 1.44 bits per heavy atom. The molecule has 96 valence electrons. The highest BCUT2D eigenvalue weighted by Gasteiger charge is 2.04. The minimum atomic E-state index is -1.06. The molecule has 0 aliphatic heterocycles. The molecule has 0 unspecified atom stereocenters. The van der Waals surface area contributed by atoms with Gasteiger partial charge in [0.05, 0.1) is 5.03 Å². The molecule has 0 bridgehead atoms. The van der Waals surface area contributed by atoms with Gasteiger partial charge >= 0.3 is 5.97 Å². The van der Waals surface area contributed by atoms with Crippen molar-refractivity contribution in [1.82, 2.24) is 0 Å². The summed E-state index contributed by atoms with van der Waals surface area (Å²) in [7, 11) is 0. The van der Waals surface area contributed by atoms with Gasteiger partial charge in [0.2, 0.25) is 0 Å². The molecule has 1 aromatic carbocycles. The maximum absolute atomic E-state index is 10.5. The highest BCUT2D eigenvalue weighted by molar-refractivity contribution is 6.36. The third-order valence-electron chi connectivity index (χ3n) is 1.86. The summed E-state index contributed by atoms with van der Waals surface area (Å²) in [6.07, 6.45) is 2.39. The Morgan fingerprint density at radius 3 is 2.78 bits per heavy atom. The fourth-order valence-corrected chi connectivity index (χ4v) is 1.42. The molecule has 18 heavy (non-hydrogen) atoms. The lowest BCUT2D eigenvalue weighted by molar-refractivity contribution is -0.131. The lowest BCUT2D eigenvalue weighted by Gasteiger charge is -2.08. The maximum Gasteiger partial charge on any atom is 0.328 e. The maximum atomic E-state index is 10.5. The van der Waals surface area contributed by atoms with E-state index < -0.39 is 5.97 Å². The van der Waals surface area contributed by atoms with Crippen molar-refractivity contribution >= 4 is 46.8 Å². The van der Waals surface area contributed by atoms with E-state index in [1.807, 2.05) is 0 Å². The van der Waals surface area contributed by atoms with Crippen LogP contribution in [0.4, 0.5) is 0 Å². The zero-order chi connectivity index (χ0) is 13.5.